The largest absolute Gasteiger partial charge is 0.408 e. The molecule has 25 heavy (non-hydrogen) atoms. The normalized spacial score (nSPS) is 29.9. The zero-order valence-electron chi connectivity index (χ0n) is 15.0. The highest BCUT2D eigenvalue weighted by Crippen LogP contribution is 2.36. The molecule has 1 aromatic rings. The summed E-state index contributed by atoms with van der Waals surface area (Å²) in [5.74, 6) is 1.35. The minimum Gasteiger partial charge on any atom is -0.408 e. The van der Waals surface area contributed by atoms with Gasteiger partial charge in [-0.3, -0.25) is 9.69 Å². The second-order valence-corrected chi connectivity index (χ2v) is 7.71. The molecule has 2 aliphatic heterocycles. The van der Waals surface area contributed by atoms with Crippen molar-refractivity contribution in [3.05, 3.63) is 5.89 Å². The van der Waals surface area contributed by atoms with Crippen LogP contribution in [-0.2, 0) is 9.53 Å². The first-order chi connectivity index (χ1) is 12.1. The van der Waals surface area contributed by atoms with Crippen LogP contribution in [0.4, 0.5) is 6.01 Å². The van der Waals surface area contributed by atoms with E-state index in [0.717, 1.165) is 38.2 Å². The van der Waals surface area contributed by atoms with Gasteiger partial charge in [-0.15, -0.1) is 5.10 Å². The highest BCUT2D eigenvalue weighted by molar-refractivity contribution is 5.76. The summed E-state index contributed by atoms with van der Waals surface area (Å²) in [4.78, 5) is 15.9. The molecule has 8 nitrogen and oxygen atoms in total. The Morgan fingerprint density at radius 1 is 1.32 bits per heavy atom. The minimum absolute atomic E-state index is 0.0153. The molecule has 2 saturated heterocycles. The van der Waals surface area contributed by atoms with Crippen LogP contribution in [0, 0.1) is 0 Å². The van der Waals surface area contributed by atoms with Crippen molar-refractivity contribution in [2.24, 2.45) is 0 Å². The van der Waals surface area contributed by atoms with Crippen molar-refractivity contribution in [1.29, 1.82) is 0 Å². The molecule has 0 unspecified atom stereocenters. The van der Waals surface area contributed by atoms with E-state index < -0.39 is 0 Å². The Labute approximate surface area is 147 Å². The van der Waals surface area contributed by atoms with E-state index >= 15 is 0 Å². The molecule has 1 amide bonds. The maximum atomic E-state index is 11.9. The van der Waals surface area contributed by atoms with Crippen molar-refractivity contribution in [3.8, 4) is 0 Å². The monoisotopic (exact) mass is 349 g/mol. The van der Waals surface area contributed by atoms with Crippen molar-refractivity contribution in [3.63, 3.8) is 0 Å². The second kappa shape index (κ2) is 6.92. The molecule has 8 heteroatoms. The molecule has 0 bridgehead atoms. The third-order valence-corrected chi connectivity index (χ3v) is 5.61. The predicted octanol–water partition coefficient (Wildman–Crippen LogP) is 1.07. The standard InChI is InChI=1S/C17H27N5O3/c1-21(2)15(23)7-14-9-22-8-12(6-13(22)10-24-14)18-17-20-19-16(25-17)11-4-3-5-11/h11-14H,3-10H2,1-2H3,(H,18,20)/t12-,13+,14+/m1/s1. The molecule has 1 saturated carbocycles. The third kappa shape index (κ3) is 3.64. The fourth-order valence-electron chi connectivity index (χ4n) is 3.84. The number of hydrogen-bond acceptors (Lipinski definition) is 7. The molecule has 3 aliphatic rings. The van der Waals surface area contributed by atoms with Crippen molar-refractivity contribution in [2.45, 2.75) is 56.2 Å². The number of aromatic nitrogens is 2. The number of fused-ring (bicyclic) bond motifs is 1. The van der Waals surface area contributed by atoms with E-state index in [1.54, 1.807) is 19.0 Å². The van der Waals surface area contributed by atoms with E-state index in [2.05, 4.69) is 20.4 Å². The smallest absolute Gasteiger partial charge is 0.315 e. The Morgan fingerprint density at radius 3 is 2.88 bits per heavy atom. The van der Waals surface area contributed by atoms with Gasteiger partial charge in [0.1, 0.15) is 0 Å². The van der Waals surface area contributed by atoms with Gasteiger partial charge < -0.3 is 19.4 Å². The lowest BCUT2D eigenvalue weighted by Gasteiger charge is -2.35. The Hall–Kier alpha value is -1.67. The molecule has 0 aromatic carbocycles. The summed E-state index contributed by atoms with van der Waals surface area (Å²) in [6, 6.07) is 1.22. The maximum Gasteiger partial charge on any atom is 0.315 e. The molecule has 0 radical (unpaired) electrons. The lowest BCUT2D eigenvalue weighted by molar-refractivity contribution is -0.134. The van der Waals surface area contributed by atoms with Crippen LogP contribution in [0.1, 0.15) is 43.9 Å². The average molecular weight is 349 g/mol. The Kier molecular flexibility index (Phi) is 4.64. The molecule has 1 aromatic heterocycles. The molecule has 3 atom stereocenters. The second-order valence-electron chi connectivity index (χ2n) is 7.71. The Bertz CT molecular complexity index is 615. The van der Waals surface area contributed by atoms with E-state index in [-0.39, 0.29) is 18.1 Å². The quantitative estimate of drug-likeness (QED) is 0.851. The number of carbonyl (C=O) groups is 1. The summed E-state index contributed by atoms with van der Waals surface area (Å²) in [6.45, 7) is 2.40. The van der Waals surface area contributed by atoms with Gasteiger partial charge in [-0.2, -0.15) is 0 Å². The summed E-state index contributed by atoms with van der Waals surface area (Å²) in [5, 5.41) is 11.7. The number of anilines is 1. The van der Waals surface area contributed by atoms with Crippen LogP contribution < -0.4 is 5.32 Å². The van der Waals surface area contributed by atoms with Crippen molar-refractivity contribution < 1.29 is 13.9 Å². The summed E-state index contributed by atoms with van der Waals surface area (Å²) in [5.41, 5.74) is 0. The lowest BCUT2D eigenvalue weighted by atomic mass is 9.85. The Morgan fingerprint density at radius 2 is 2.16 bits per heavy atom. The Balaban J connectivity index is 1.29. The van der Waals surface area contributed by atoms with Gasteiger partial charge in [-0.1, -0.05) is 11.5 Å². The summed E-state index contributed by atoms with van der Waals surface area (Å²) in [6.07, 6.45) is 5.00. The van der Waals surface area contributed by atoms with Gasteiger partial charge in [0.15, 0.2) is 0 Å². The number of carbonyl (C=O) groups excluding carboxylic acids is 1. The zero-order valence-corrected chi connectivity index (χ0v) is 15.0. The molecule has 3 fully saturated rings. The van der Waals surface area contributed by atoms with Crippen molar-refractivity contribution >= 4 is 11.9 Å². The molecule has 1 aliphatic carbocycles. The van der Waals surface area contributed by atoms with Gasteiger partial charge in [0, 0.05) is 45.2 Å². The van der Waals surface area contributed by atoms with Gasteiger partial charge in [0.05, 0.1) is 19.1 Å². The first kappa shape index (κ1) is 16.8. The minimum atomic E-state index is -0.0153. The molecular weight excluding hydrogens is 322 g/mol. The maximum absolute atomic E-state index is 11.9. The zero-order chi connectivity index (χ0) is 17.4. The van der Waals surface area contributed by atoms with Crippen LogP contribution >= 0.6 is 0 Å². The van der Waals surface area contributed by atoms with Crippen LogP contribution in [0.3, 0.4) is 0 Å². The van der Waals surface area contributed by atoms with Crippen LogP contribution in [0.25, 0.3) is 0 Å². The summed E-state index contributed by atoms with van der Waals surface area (Å²) < 4.78 is 11.7. The SMILES string of the molecule is CN(C)C(=O)C[C@H]1CN2C[C@H](Nc3nnc(C4CCC4)o3)C[C@H]2CO1. The first-order valence-corrected chi connectivity index (χ1v) is 9.24. The number of ether oxygens (including phenoxy) is 1. The van der Waals surface area contributed by atoms with Gasteiger partial charge >= 0.3 is 6.01 Å². The van der Waals surface area contributed by atoms with Crippen molar-refractivity contribution in [2.75, 3.05) is 39.1 Å². The fourth-order valence-corrected chi connectivity index (χ4v) is 3.84. The fraction of sp³-hybridized carbons (Fsp3) is 0.824. The number of rotatable bonds is 5. The number of amides is 1. The van der Waals surface area contributed by atoms with Crippen molar-refractivity contribution in [1.82, 2.24) is 20.0 Å². The van der Waals surface area contributed by atoms with Gasteiger partial charge in [0.25, 0.3) is 0 Å². The predicted molar refractivity (Wildman–Crippen MR) is 91.3 cm³/mol. The van der Waals surface area contributed by atoms with E-state index in [0.29, 0.717) is 31.0 Å². The van der Waals surface area contributed by atoms with Gasteiger partial charge in [-0.05, 0) is 19.3 Å². The van der Waals surface area contributed by atoms with E-state index in [9.17, 15) is 4.79 Å². The molecule has 138 valence electrons. The molecule has 1 N–H and O–H groups in total. The summed E-state index contributed by atoms with van der Waals surface area (Å²) in [7, 11) is 3.57. The molecular formula is C17H27N5O3. The summed E-state index contributed by atoms with van der Waals surface area (Å²) >= 11 is 0. The number of nitrogens with zero attached hydrogens (tertiary/aromatic N) is 4. The van der Waals surface area contributed by atoms with E-state index in [1.807, 2.05) is 0 Å². The lowest BCUT2D eigenvalue weighted by Crippen LogP contribution is -2.47. The molecule has 4 rings (SSSR count). The number of hydrogen-bond donors (Lipinski definition) is 1. The molecule has 3 heterocycles. The first-order valence-electron chi connectivity index (χ1n) is 9.24. The van der Waals surface area contributed by atoms with Gasteiger partial charge in [0.2, 0.25) is 11.8 Å². The number of morpholine rings is 1. The van der Waals surface area contributed by atoms with E-state index in [4.69, 9.17) is 9.15 Å². The third-order valence-electron chi connectivity index (χ3n) is 5.61. The van der Waals surface area contributed by atoms with Crippen LogP contribution in [-0.4, -0.2) is 77.9 Å². The number of nitrogens with one attached hydrogen (secondary N) is 1. The topological polar surface area (TPSA) is 83.7 Å². The van der Waals surface area contributed by atoms with Crippen LogP contribution in [0.5, 0.6) is 0 Å². The molecule has 0 spiro atoms. The average Bonchev–Trinajstić information content (AvgIpc) is 3.12. The highest BCUT2D eigenvalue weighted by atomic mass is 16.5. The van der Waals surface area contributed by atoms with Crippen LogP contribution in [0.2, 0.25) is 0 Å². The van der Waals surface area contributed by atoms with E-state index in [1.165, 1.54) is 6.42 Å². The van der Waals surface area contributed by atoms with Crippen LogP contribution in [0.15, 0.2) is 4.42 Å². The van der Waals surface area contributed by atoms with Gasteiger partial charge in [-0.25, -0.2) is 0 Å². The highest BCUT2D eigenvalue weighted by Gasteiger charge is 2.38.